The van der Waals surface area contributed by atoms with Crippen LogP contribution in [0.1, 0.15) is 42.9 Å². The number of carbonyl (C=O) groups excluding carboxylic acids is 5. The lowest BCUT2D eigenvalue weighted by atomic mass is 10.1. The van der Waals surface area contributed by atoms with Gasteiger partial charge in [0, 0.05) is 17.9 Å². The Labute approximate surface area is 278 Å². The topological polar surface area (TPSA) is 163 Å². The van der Waals surface area contributed by atoms with E-state index in [2.05, 4.69) is 10.6 Å². The number of esters is 3. The maximum atomic E-state index is 13.2. The van der Waals surface area contributed by atoms with Gasteiger partial charge in [-0.1, -0.05) is 91.0 Å². The summed E-state index contributed by atoms with van der Waals surface area (Å²) in [6.07, 6.45) is -0.0467. The van der Waals surface area contributed by atoms with Gasteiger partial charge in [-0.05, 0) is 30.0 Å². The van der Waals surface area contributed by atoms with Gasteiger partial charge in [-0.25, -0.2) is 4.79 Å². The number of nitrogens with two attached hydrogens (primary N) is 1. The number of carbonyl (C=O) groups is 5. The number of ether oxygens (including phenoxy) is 3. The zero-order chi connectivity index (χ0) is 33.9. The summed E-state index contributed by atoms with van der Waals surface area (Å²) in [5.74, 6) is -2.35. The molecule has 0 saturated carbocycles. The molecule has 3 atom stereocenters. The molecule has 0 radical (unpaired) electrons. The lowest BCUT2D eigenvalue weighted by Gasteiger charge is -2.21. The Kier molecular flexibility index (Phi) is 16.0. The average molecular weight is 664 g/mol. The molecule has 0 unspecified atom stereocenters. The van der Waals surface area contributed by atoms with E-state index in [1.165, 1.54) is 18.7 Å². The zero-order valence-corrected chi connectivity index (χ0v) is 27.1. The largest absolute Gasteiger partial charge is 0.461 e. The summed E-state index contributed by atoms with van der Waals surface area (Å²) in [7, 11) is 0. The second kappa shape index (κ2) is 20.4. The van der Waals surface area contributed by atoms with Crippen molar-refractivity contribution in [1.82, 2.24) is 10.6 Å². The molecule has 250 valence electrons. The highest BCUT2D eigenvalue weighted by Gasteiger charge is 2.26. The van der Waals surface area contributed by atoms with Crippen LogP contribution in [0.4, 0.5) is 0 Å². The van der Waals surface area contributed by atoms with E-state index in [0.717, 1.165) is 16.7 Å². The van der Waals surface area contributed by atoms with E-state index < -0.39 is 47.8 Å². The first-order valence-electron chi connectivity index (χ1n) is 15.2. The van der Waals surface area contributed by atoms with Crippen LogP contribution in [0.2, 0.25) is 0 Å². The Morgan fingerprint density at radius 1 is 0.681 bits per heavy atom. The van der Waals surface area contributed by atoms with Crippen molar-refractivity contribution in [3.8, 4) is 0 Å². The molecule has 0 heterocycles. The predicted octanol–water partition coefficient (Wildman–Crippen LogP) is 3.44. The molecule has 3 aromatic rings. The highest BCUT2D eigenvalue weighted by molar-refractivity contribution is 7.99. The third kappa shape index (κ3) is 14.5. The minimum Gasteiger partial charge on any atom is -0.461 e. The Hall–Kier alpha value is -4.68. The summed E-state index contributed by atoms with van der Waals surface area (Å²) in [6.45, 7) is 1.75. The van der Waals surface area contributed by atoms with Crippen molar-refractivity contribution >= 4 is 41.5 Å². The van der Waals surface area contributed by atoms with Gasteiger partial charge in [0.15, 0.2) is 0 Å². The second-order valence-electron chi connectivity index (χ2n) is 10.7. The maximum absolute atomic E-state index is 13.2. The fraction of sp³-hybridized carbons (Fsp3) is 0.343. The van der Waals surface area contributed by atoms with Crippen molar-refractivity contribution in [3.05, 3.63) is 108 Å². The van der Waals surface area contributed by atoms with E-state index in [9.17, 15) is 24.0 Å². The molecule has 12 heteroatoms. The lowest BCUT2D eigenvalue weighted by molar-refractivity contribution is -0.148. The number of benzene rings is 3. The monoisotopic (exact) mass is 663 g/mol. The van der Waals surface area contributed by atoms with Gasteiger partial charge in [0.05, 0.1) is 6.42 Å². The van der Waals surface area contributed by atoms with Gasteiger partial charge in [-0.2, -0.15) is 11.8 Å². The van der Waals surface area contributed by atoms with Gasteiger partial charge >= 0.3 is 17.9 Å². The summed E-state index contributed by atoms with van der Waals surface area (Å²) in [4.78, 5) is 63.1. The van der Waals surface area contributed by atoms with E-state index >= 15 is 0 Å². The van der Waals surface area contributed by atoms with Crippen LogP contribution in [0.25, 0.3) is 0 Å². The van der Waals surface area contributed by atoms with Crippen molar-refractivity contribution in [2.24, 2.45) is 5.73 Å². The smallest absolute Gasteiger partial charge is 0.328 e. The molecule has 2 amide bonds. The molecule has 3 rings (SSSR count). The van der Waals surface area contributed by atoms with Crippen molar-refractivity contribution in [2.45, 2.75) is 64.1 Å². The summed E-state index contributed by atoms with van der Waals surface area (Å²) in [6, 6.07) is 24.5. The van der Waals surface area contributed by atoms with E-state index in [1.54, 1.807) is 0 Å². The van der Waals surface area contributed by atoms with Gasteiger partial charge < -0.3 is 30.6 Å². The molecule has 0 fully saturated rings. The minimum absolute atomic E-state index is 0.00356. The van der Waals surface area contributed by atoms with Crippen LogP contribution in [0.15, 0.2) is 91.0 Å². The van der Waals surface area contributed by atoms with Crippen molar-refractivity contribution in [1.29, 1.82) is 0 Å². The van der Waals surface area contributed by atoms with Crippen LogP contribution in [0.5, 0.6) is 0 Å². The van der Waals surface area contributed by atoms with Crippen LogP contribution in [-0.2, 0) is 58.0 Å². The molecule has 0 bridgehead atoms. The molecule has 4 N–H and O–H groups in total. The molecule has 0 aliphatic heterocycles. The highest BCUT2D eigenvalue weighted by Crippen LogP contribution is 2.10. The molecule has 0 saturated heterocycles. The Morgan fingerprint density at radius 3 is 1.70 bits per heavy atom. The second-order valence-corrected chi connectivity index (χ2v) is 11.8. The van der Waals surface area contributed by atoms with Crippen molar-refractivity contribution < 1.29 is 38.2 Å². The molecule has 11 nitrogen and oxygen atoms in total. The predicted molar refractivity (Wildman–Crippen MR) is 177 cm³/mol. The fourth-order valence-corrected chi connectivity index (χ4v) is 5.03. The number of thioether (sulfide) groups is 1. The quantitative estimate of drug-likeness (QED) is 0.0984. The molecular weight excluding hydrogens is 622 g/mol. The summed E-state index contributed by atoms with van der Waals surface area (Å²) in [5, 5.41) is 5.25. The molecule has 0 spiro atoms. The fourth-order valence-electron chi connectivity index (χ4n) is 4.08. The first-order valence-corrected chi connectivity index (χ1v) is 16.4. The van der Waals surface area contributed by atoms with Crippen LogP contribution >= 0.6 is 11.8 Å². The molecule has 0 aliphatic carbocycles. The number of hydrogen-bond donors (Lipinski definition) is 3. The van der Waals surface area contributed by atoms with E-state index in [-0.39, 0.29) is 44.8 Å². The number of nitrogens with one attached hydrogen (secondary N) is 2. The van der Waals surface area contributed by atoms with Crippen LogP contribution < -0.4 is 16.4 Å². The highest BCUT2D eigenvalue weighted by atomic mass is 32.2. The van der Waals surface area contributed by atoms with E-state index in [4.69, 9.17) is 19.9 Å². The van der Waals surface area contributed by atoms with Crippen molar-refractivity contribution in [3.63, 3.8) is 0 Å². The van der Waals surface area contributed by atoms with Gasteiger partial charge in [0.25, 0.3) is 0 Å². The third-order valence-corrected chi connectivity index (χ3v) is 7.84. The first-order chi connectivity index (χ1) is 22.7. The molecular formula is C35H41N3O8S. The Morgan fingerprint density at radius 2 is 1.17 bits per heavy atom. The van der Waals surface area contributed by atoms with Gasteiger partial charge in [0.2, 0.25) is 11.8 Å². The summed E-state index contributed by atoms with van der Waals surface area (Å²) in [5.41, 5.74) is 8.42. The molecule has 0 aliphatic rings. The minimum atomic E-state index is -1.04. The van der Waals surface area contributed by atoms with Crippen LogP contribution in [-0.4, -0.2) is 59.4 Å². The normalized spacial score (nSPS) is 12.6. The average Bonchev–Trinajstić information content (AvgIpc) is 3.10. The number of amides is 2. The lowest BCUT2D eigenvalue weighted by Crippen LogP contribution is -2.52. The molecule has 0 aromatic heterocycles. The summed E-state index contributed by atoms with van der Waals surface area (Å²) < 4.78 is 15.8. The number of rotatable bonds is 19. The standard InChI is InChI=1S/C35H41N3O8S/c1-25(34(42)45-22-27-13-7-3-8-14-27)37-33(41)30(24-47-20-19-32(40)44-21-26-11-5-2-6-12-26)38-31(39)18-17-29(36)35(43)46-23-28-15-9-4-10-16-28/h2-16,25,29-30H,17-24,36H2,1H3,(H,37,41)(H,38,39)/t25-,29-,30-/m1/s1. The zero-order valence-electron chi connectivity index (χ0n) is 26.3. The SMILES string of the molecule is C[C@@H](NC(=O)[C@@H](CSCCC(=O)OCc1ccccc1)NC(=O)CC[C@@H](N)C(=O)OCc1ccccc1)C(=O)OCc1ccccc1. The molecule has 47 heavy (non-hydrogen) atoms. The number of hydrogen-bond acceptors (Lipinski definition) is 10. The Balaban J connectivity index is 1.48. The van der Waals surface area contributed by atoms with Crippen molar-refractivity contribution in [2.75, 3.05) is 11.5 Å². The van der Waals surface area contributed by atoms with Crippen LogP contribution in [0, 0.1) is 0 Å². The van der Waals surface area contributed by atoms with Gasteiger partial charge in [-0.3, -0.25) is 19.2 Å². The summed E-state index contributed by atoms with van der Waals surface area (Å²) >= 11 is 1.27. The first kappa shape index (κ1) is 36.8. The molecule has 3 aromatic carbocycles. The van der Waals surface area contributed by atoms with Crippen LogP contribution in [0.3, 0.4) is 0 Å². The van der Waals surface area contributed by atoms with E-state index in [0.29, 0.717) is 5.75 Å². The third-order valence-electron chi connectivity index (χ3n) is 6.77. The Bertz CT molecular complexity index is 1430. The van der Waals surface area contributed by atoms with E-state index in [1.807, 2.05) is 91.0 Å². The van der Waals surface area contributed by atoms with Gasteiger partial charge in [0.1, 0.15) is 37.9 Å². The maximum Gasteiger partial charge on any atom is 0.328 e. The van der Waals surface area contributed by atoms with Gasteiger partial charge in [-0.15, -0.1) is 0 Å².